The largest absolute Gasteiger partial charge is 0.339 e. The van der Waals surface area contributed by atoms with E-state index in [4.69, 9.17) is 0 Å². The maximum absolute atomic E-state index is 11.6. The third-order valence-electron chi connectivity index (χ3n) is 3.54. The van der Waals surface area contributed by atoms with Crippen molar-refractivity contribution in [3.8, 4) is 0 Å². The number of rotatable bonds is 1. The summed E-state index contributed by atoms with van der Waals surface area (Å²) in [6.07, 6.45) is 6.80. The SMILES string of the molecule is O=C1CCCN1C1CCc2cn[nH]c2C1. The fraction of sp³-hybridized carbons (Fsp3) is 0.636. The van der Waals surface area contributed by atoms with Crippen LogP contribution in [-0.2, 0) is 17.6 Å². The van der Waals surface area contributed by atoms with Gasteiger partial charge in [-0.25, -0.2) is 0 Å². The van der Waals surface area contributed by atoms with Crippen LogP contribution in [0.15, 0.2) is 6.20 Å². The van der Waals surface area contributed by atoms with E-state index in [0.717, 1.165) is 38.6 Å². The molecule has 2 aliphatic rings. The zero-order valence-electron chi connectivity index (χ0n) is 8.70. The molecule has 1 unspecified atom stereocenters. The van der Waals surface area contributed by atoms with Crippen molar-refractivity contribution in [1.29, 1.82) is 0 Å². The van der Waals surface area contributed by atoms with E-state index >= 15 is 0 Å². The van der Waals surface area contributed by atoms with Crippen LogP contribution >= 0.6 is 0 Å². The number of aromatic nitrogens is 2. The van der Waals surface area contributed by atoms with E-state index in [0.29, 0.717) is 11.9 Å². The molecular formula is C11H15N3O. The van der Waals surface area contributed by atoms with Crippen LogP contribution in [0.5, 0.6) is 0 Å². The molecule has 1 saturated heterocycles. The molecule has 4 heteroatoms. The molecule has 1 aromatic rings. The Morgan fingerprint density at radius 1 is 1.47 bits per heavy atom. The Kier molecular flexibility index (Phi) is 2.01. The summed E-state index contributed by atoms with van der Waals surface area (Å²) in [7, 11) is 0. The second-order valence-corrected chi connectivity index (χ2v) is 4.46. The molecule has 1 atom stereocenters. The molecule has 4 nitrogen and oxygen atoms in total. The van der Waals surface area contributed by atoms with Gasteiger partial charge in [0.25, 0.3) is 0 Å². The molecule has 0 aromatic carbocycles. The minimum Gasteiger partial charge on any atom is -0.339 e. The number of carbonyl (C=O) groups excluding carboxylic acids is 1. The van der Waals surface area contributed by atoms with Crippen molar-refractivity contribution in [1.82, 2.24) is 15.1 Å². The van der Waals surface area contributed by atoms with Gasteiger partial charge in [0, 0.05) is 31.1 Å². The molecule has 1 aliphatic carbocycles. The summed E-state index contributed by atoms with van der Waals surface area (Å²) in [5.41, 5.74) is 2.56. The second kappa shape index (κ2) is 3.36. The summed E-state index contributed by atoms with van der Waals surface area (Å²) in [4.78, 5) is 13.7. The van der Waals surface area contributed by atoms with Gasteiger partial charge in [-0.15, -0.1) is 0 Å². The first-order valence-electron chi connectivity index (χ1n) is 5.65. The average molecular weight is 205 g/mol. The molecule has 1 fully saturated rings. The maximum atomic E-state index is 11.6. The lowest BCUT2D eigenvalue weighted by Gasteiger charge is -2.30. The van der Waals surface area contributed by atoms with Crippen molar-refractivity contribution >= 4 is 5.91 Å². The van der Waals surface area contributed by atoms with Gasteiger partial charge in [-0.3, -0.25) is 9.89 Å². The fourth-order valence-corrected chi connectivity index (χ4v) is 2.71. The highest BCUT2D eigenvalue weighted by atomic mass is 16.2. The number of aromatic amines is 1. The Labute approximate surface area is 88.7 Å². The van der Waals surface area contributed by atoms with Crippen LogP contribution in [-0.4, -0.2) is 33.6 Å². The van der Waals surface area contributed by atoms with E-state index in [1.165, 1.54) is 11.3 Å². The standard InChI is InChI=1S/C11H15N3O/c15-11-2-1-5-14(11)9-4-3-8-7-12-13-10(8)6-9/h7,9H,1-6H2,(H,12,13). The van der Waals surface area contributed by atoms with Crippen LogP contribution in [0.4, 0.5) is 0 Å². The van der Waals surface area contributed by atoms with Crippen LogP contribution in [0, 0.1) is 0 Å². The number of nitrogens with zero attached hydrogens (tertiary/aromatic N) is 2. The van der Waals surface area contributed by atoms with Gasteiger partial charge in [0.15, 0.2) is 0 Å². The molecule has 15 heavy (non-hydrogen) atoms. The number of amides is 1. The maximum Gasteiger partial charge on any atom is 0.222 e. The summed E-state index contributed by atoms with van der Waals surface area (Å²) in [6.45, 7) is 0.951. The van der Waals surface area contributed by atoms with Gasteiger partial charge in [0.05, 0.1) is 6.20 Å². The van der Waals surface area contributed by atoms with E-state index in [9.17, 15) is 4.79 Å². The molecule has 1 amide bonds. The highest BCUT2D eigenvalue weighted by Crippen LogP contribution is 2.25. The summed E-state index contributed by atoms with van der Waals surface area (Å²) < 4.78 is 0. The Bertz CT molecular complexity index is 385. The molecule has 0 radical (unpaired) electrons. The normalized spacial score (nSPS) is 25.7. The third-order valence-corrected chi connectivity index (χ3v) is 3.54. The number of fused-ring (bicyclic) bond motifs is 1. The Balaban J connectivity index is 1.78. The van der Waals surface area contributed by atoms with Crippen LogP contribution in [0.2, 0.25) is 0 Å². The van der Waals surface area contributed by atoms with Gasteiger partial charge < -0.3 is 4.90 Å². The smallest absolute Gasteiger partial charge is 0.222 e. The Morgan fingerprint density at radius 3 is 3.20 bits per heavy atom. The topological polar surface area (TPSA) is 49.0 Å². The zero-order valence-corrected chi connectivity index (χ0v) is 8.70. The molecule has 2 heterocycles. The quantitative estimate of drug-likeness (QED) is 0.740. The minimum atomic E-state index is 0.336. The van der Waals surface area contributed by atoms with Crippen LogP contribution in [0.25, 0.3) is 0 Å². The molecule has 80 valence electrons. The summed E-state index contributed by atoms with van der Waals surface area (Å²) >= 11 is 0. The summed E-state index contributed by atoms with van der Waals surface area (Å²) in [5.74, 6) is 0.336. The number of hydrogen-bond donors (Lipinski definition) is 1. The zero-order chi connectivity index (χ0) is 10.3. The first-order chi connectivity index (χ1) is 7.34. The van der Waals surface area contributed by atoms with Crippen LogP contribution < -0.4 is 0 Å². The minimum absolute atomic E-state index is 0.336. The number of H-pyrrole nitrogens is 1. The molecule has 3 rings (SSSR count). The molecule has 0 spiro atoms. The van der Waals surface area contributed by atoms with E-state index in [-0.39, 0.29) is 0 Å². The van der Waals surface area contributed by atoms with E-state index in [1.54, 1.807) is 0 Å². The van der Waals surface area contributed by atoms with Gasteiger partial charge >= 0.3 is 0 Å². The monoisotopic (exact) mass is 205 g/mol. The second-order valence-electron chi connectivity index (χ2n) is 4.46. The number of carbonyl (C=O) groups is 1. The van der Waals surface area contributed by atoms with Crippen molar-refractivity contribution in [3.05, 3.63) is 17.5 Å². The van der Waals surface area contributed by atoms with Crippen molar-refractivity contribution in [2.75, 3.05) is 6.54 Å². The summed E-state index contributed by atoms with van der Waals surface area (Å²) in [6, 6.07) is 0.410. The highest BCUT2D eigenvalue weighted by Gasteiger charge is 2.31. The molecular weight excluding hydrogens is 190 g/mol. The van der Waals surface area contributed by atoms with Crippen molar-refractivity contribution < 1.29 is 4.79 Å². The summed E-state index contributed by atoms with van der Waals surface area (Å²) in [5, 5.41) is 7.09. The van der Waals surface area contributed by atoms with Gasteiger partial charge in [0.2, 0.25) is 5.91 Å². The molecule has 1 aromatic heterocycles. The molecule has 1 aliphatic heterocycles. The molecule has 1 N–H and O–H groups in total. The number of nitrogens with one attached hydrogen (secondary N) is 1. The van der Waals surface area contributed by atoms with Crippen molar-refractivity contribution in [2.45, 2.75) is 38.1 Å². The highest BCUT2D eigenvalue weighted by molar-refractivity contribution is 5.78. The fourth-order valence-electron chi connectivity index (χ4n) is 2.71. The lowest BCUT2D eigenvalue weighted by Crippen LogP contribution is -2.39. The Hall–Kier alpha value is -1.32. The number of likely N-dealkylation sites (tertiary alicyclic amines) is 1. The van der Waals surface area contributed by atoms with E-state index in [1.807, 2.05) is 6.20 Å². The van der Waals surface area contributed by atoms with Crippen LogP contribution in [0.3, 0.4) is 0 Å². The lowest BCUT2D eigenvalue weighted by molar-refractivity contribution is -0.129. The lowest BCUT2D eigenvalue weighted by atomic mass is 9.93. The predicted octanol–water partition coefficient (Wildman–Crippen LogP) is 0.889. The average Bonchev–Trinajstić information content (AvgIpc) is 2.84. The molecule has 0 saturated carbocycles. The third kappa shape index (κ3) is 1.44. The van der Waals surface area contributed by atoms with Crippen molar-refractivity contribution in [2.24, 2.45) is 0 Å². The predicted molar refractivity (Wildman–Crippen MR) is 55.3 cm³/mol. The molecule has 0 bridgehead atoms. The van der Waals surface area contributed by atoms with Crippen LogP contribution in [0.1, 0.15) is 30.5 Å². The van der Waals surface area contributed by atoms with Gasteiger partial charge in [0.1, 0.15) is 0 Å². The van der Waals surface area contributed by atoms with Gasteiger partial charge in [-0.05, 0) is 24.8 Å². The van der Waals surface area contributed by atoms with E-state index < -0.39 is 0 Å². The number of hydrogen-bond acceptors (Lipinski definition) is 2. The Morgan fingerprint density at radius 2 is 2.40 bits per heavy atom. The van der Waals surface area contributed by atoms with Crippen molar-refractivity contribution in [3.63, 3.8) is 0 Å². The van der Waals surface area contributed by atoms with E-state index in [2.05, 4.69) is 15.1 Å². The van der Waals surface area contributed by atoms with Gasteiger partial charge in [-0.1, -0.05) is 0 Å². The first-order valence-corrected chi connectivity index (χ1v) is 5.65. The van der Waals surface area contributed by atoms with Gasteiger partial charge in [-0.2, -0.15) is 5.10 Å². The first kappa shape index (κ1) is 8.95. The number of aryl methyl sites for hydroxylation is 1.